The number of hydrogen-bond donors (Lipinski definition) is 1. The predicted octanol–water partition coefficient (Wildman–Crippen LogP) is 4.11. The Bertz CT molecular complexity index is 517. The van der Waals surface area contributed by atoms with Gasteiger partial charge in [0.05, 0.1) is 10.6 Å². The highest BCUT2D eigenvalue weighted by atomic mass is 19.1. The van der Waals surface area contributed by atoms with E-state index >= 15 is 0 Å². The van der Waals surface area contributed by atoms with Crippen molar-refractivity contribution < 1.29 is 9.31 Å². The molecule has 1 aromatic carbocycles. The van der Waals surface area contributed by atoms with E-state index in [1.54, 1.807) is 0 Å². The van der Waals surface area contributed by atoms with Gasteiger partial charge < -0.3 is 5.32 Å². The van der Waals surface area contributed by atoms with Crippen LogP contribution in [0.1, 0.15) is 38.5 Å². The summed E-state index contributed by atoms with van der Waals surface area (Å²) in [4.78, 5) is 10.3. The molecule has 0 aliphatic heterocycles. The zero-order valence-electron chi connectivity index (χ0n) is 11.3. The van der Waals surface area contributed by atoms with Gasteiger partial charge in [-0.15, -0.1) is 0 Å². The molecular formula is C15H19FN2O2. The first-order chi connectivity index (χ1) is 9.63. The van der Waals surface area contributed by atoms with Crippen LogP contribution in [0, 0.1) is 27.8 Å². The molecule has 2 aliphatic carbocycles. The van der Waals surface area contributed by atoms with Crippen molar-refractivity contribution in [1.82, 2.24) is 0 Å². The maximum atomic E-state index is 13.8. The standard InChI is InChI=1S/C15H19FN2O2/c16-14-7-6-13(18(19)20)9-15(14)17-12-3-1-2-11(8-12)10-4-5-10/h6-7,9-12,17H,1-5,8H2. The van der Waals surface area contributed by atoms with Crippen LogP contribution in [-0.2, 0) is 0 Å². The van der Waals surface area contributed by atoms with E-state index in [9.17, 15) is 14.5 Å². The molecule has 0 saturated heterocycles. The number of halogens is 1. The lowest BCUT2D eigenvalue weighted by atomic mass is 9.82. The molecule has 0 amide bonds. The first-order valence-electron chi connectivity index (χ1n) is 7.34. The lowest BCUT2D eigenvalue weighted by molar-refractivity contribution is -0.384. The SMILES string of the molecule is O=[N+]([O-])c1ccc(F)c(NC2CCCC(C3CC3)C2)c1. The van der Waals surface area contributed by atoms with Gasteiger partial charge in [0, 0.05) is 18.2 Å². The van der Waals surface area contributed by atoms with E-state index in [2.05, 4.69) is 5.32 Å². The van der Waals surface area contributed by atoms with Crippen LogP contribution in [0.2, 0.25) is 0 Å². The number of nitrogens with one attached hydrogen (secondary N) is 1. The lowest BCUT2D eigenvalue weighted by Crippen LogP contribution is -2.28. The highest BCUT2D eigenvalue weighted by Gasteiger charge is 2.34. The van der Waals surface area contributed by atoms with Crippen LogP contribution >= 0.6 is 0 Å². The topological polar surface area (TPSA) is 55.2 Å². The number of hydrogen-bond acceptors (Lipinski definition) is 3. The molecule has 2 aliphatic rings. The number of nitro groups is 1. The third-order valence-electron chi connectivity index (χ3n) is 4.52. The molecule has 3 rings (SSSR count). The summed E-state index contributed by atoms with van der Waals surface area (Å²) < 4.78 is 13.8. The van der Waals surface area contributed by atoms with Crippen molar-refractivity contribution in [2.24, 2.45) is 11.8 Å². The summed E-state index contributed by atoms with van der Waals surface area (Å²) in [5, 5.41) is 13.9. The Balaban J connectivity index is 1.69. The molecule has 2 atom stereocenters. The summed E-state index contributed by atoms with van der Waals surface area (Å²) in [6.07, 6.45) is 7.19. The summed E-state index contributed by atoms with van der Waals surface area (Å²) in [5.41, 5.74) is 0.198. The van der Waals surface area contributed by atoms with E-state index in [1.165, 1.54) is 37.5 Å². The monoisotopic (exact) mass is 278 g/mol. The zero-order chi connectivity index (χ0) is 14.1. The van der Waals surface area contributed by atoms with E-state index < -0.39 is 10.7 Å². The van der Waals surface area contributed by atoms with E-state index in [1.807, 2.05) is 0 Å². The minimum Gasteiger partial charge on any atom is -0.380 e. The molecule has 0 heterocycles. The fourth-order valence-corrected chi connectivity index (χ4v) is 3.31. The molecule has 4 nitrogen and oxygen atoms in total. The van der Waals surface area contributed by atoms with Crippen molar-refractivity contribution in [1.29, 1.82) is 0 Å². The lowest BCUT2D eigenvalue weighted by Gasteiger charge is -2.30. The Hall–Kier alpha value is -1.65. The normalized spacial score (nSPS) is 26.2. The second kappa shape index (κ2) is 5.38. The first kappa shape index (κ1) is 13.3. The van der Waals surface area contributed by atoms with Crippen LogP contribution in [0.25, 0.3) is 0 Å². The van der Waals surface area contributed by atoms with Crippen molar-refractivity contribution in [3.05, 3.63) is 34.1 Å². The largest absolute Gasteiger partial charge is 0.380 e. The summed E-state index contributed by atoms with van der Waals surface area (Å²) in [6.45, 7) is 0. The summed E-state index contributed by atoms with van der Waals surface area (Å²) in [5.74, 6) is 1.21. The number of nitro benzene ring substituents is 1. The Kier molecular flexibility index (Phi) is 3.59. The number of rotatable bonds is 4. The fourth-order valence-electron chi connectivity index (χ4n) is 3.31. The maximum Gasteiger partial charge on any atom is 0.271 e. The summed E-state index contributed by atoms with van der Waals surface area (Å²) in [6, 6.07) is 3.91. The van der Waals surface area contributed by atoms with Crippen LogP contribution in [0.15, 0.2) is 18.2 Å². The highest BCUT2D eigenvalue weighted by Crippen LogP contribution is 2.44. The Morgan fingerprint density at radius 1 is 1.20 bits per heavy atom. The van der Waals surface area contributed by atoms with Gasteiger partial charge in [0.1, 0.15) is 5.82 Å². The molecule has 20 heavy (non-hydrogen) atoms. The van der Waals surface area contributed by atoms with Gasteiger partial charge in [-0.1, -0.05) is 12.8 Å². The Morgan fingerprint density at radius 3 is 2.70 bits per heavy atom. The van der Waals surface area contributed by atoms with E-state index in [4.69, 9.17) is 0 Å². The molecule has 1 N–H and O–H groups in total. The molecule has 1 aromatic rings. The Morgan fingerprint density at radius 2 is 2.00 bits per heavy atom. The Labute approximate surface area is 117 Å². The minimum absolute atomic E-state index is 0.0662. The van der Waals surface area contributed by atoms with Crippen molar-refractivity contribution in [2.75, 3.05) is 5.32 Å². The average molecular weight is 278 g/mol. The van der Waals surface area contributed by atoms with Crippen molar-refractivity contribution in [3.63, 3.8) is 0 Å². The summed E-state index contributed by atoms with van der Waals surface area (Å²) >= 11 is 0. The second-order valence-corrected chi connectivity index (χ2v) is 6.03. The van der Waals surface area contributed by atoms with E-state index in [-0.39, 0.29) is 17.4 Å². The molecule has 0 spiro atoms. The molecule has 0 bridgehead atoms. The molecule has 0 aromatic heterocycles. The van der Waals surface area contributed by atoms with Crippen LogP contribution in [0.5, 0.6) is 0 Å². The number of non-ortho nitro benzene ring substituents is 1. The smallest absolute Gasteiger partial charge is 0.271 e. The van der Waals surface area contributed by atoms with Gasteiger partial charge in [0.25, 0.3) is 5.69 Å². The van der Waals surface area contributed by atoms with Crippen molar-refractivity contribution in [2.45, 2.75) is 44.6 Å². The fraction of sp³-hybridized carbons (Fsp3) is 0.600. The molecule has 108 valence electrons. The first-order valence-corrected chi connectivity index (χ1v) is 7.34. The van der Waals surface area contributed by atoms with Gasteiger partial charge >= 0.3 is 0 Å². The molecule has 2 saturated carbocycles. The minimum atomic E-state index is -0.488. The molecular weight excluding hydrogens is 259 g/mol. The number of nitrogens with zero attached hydrogens (tertiary/aromatic N) is 1. The van der Waals surface area contributed by atoms with Crippen molar-refractivity contribution in [3.8, 4) is 0 Å². The molecule has 2 fully saturated rings. The van der Waals surface area contributed by atoms with Crippen LogP contribution in [-0.4, -0.2) is 11.0 Å². The van der Waals surface area contributed by atoms with Crippen LogP contribution < -0.4 is 5.32 Å². The third-order valence-corrected chi connectivity index (χ3v) is 4.52. The van der Waals surface area contributed by atoms with E-state index in [0.29, 0.717) is 0 Å². The third kappa shape index (κ3) is 2.92. The second-order valence-electron chi connectivity index (χ2n) is 6.03. The predicted molar refractivity (Wildman–Crippen MR) is 75.1 cm³/mol. The quantitative estimate of drug-likeness (QED) is 0.666. The summed E-state index contributed by atoms with van der Waals surface area (Å²) in [7, 11) is 0. The van der Waals surface area contributed by atoms with Gasteiger partial charge in [-0.25, -0.2) is 4.39 Å². The van der Waals surface area contributed by atoms with Gasteiger partial charge in [0.2, 0.25) is 0 Å². The van der Waals surface area contributed by atoms with Crippen molar-refractivity contribution >= 4 is 11.4 Å². The van der Waals surface area contributed by atoms with Gasteiger partial charge in [-0.3, -0.25) is 10.1 Å². The van der Waals surface area contributed by atoms with Crippen LogP contribution in [0.4, 0.5) is 15.8 Å². The highest BCUT2D eigenvalue weighted by molar-refractivity contribution is 5.52. The molecule has 5 heteroatoms. The molecule has 0 radical (unpaired) electrons. The van der Waals surface area contributed by atoms with Gasteiger partial charge in [-0.05, 0) is 43.6 Å². The molecule has 2 unspecified atom stereocenters. The maximum absolute atomic E-state index is 13.8. The van der Waals surface area contributed by atoms with Gasteiger partial charge in [0.15, 0.2) is 0 Å². The number of benzene rings is 1. The van der Waals surface area contributed by atoms with Crippen LogP contribution in [0.3, 0.4) is 0 Å². The van der Waals surface area contributed by atoms with Gasteiger partial charge in [-0.2, -0.15) is 0 Å². The van der Waals surface area contributed by atoms with E-state index in [0.717, 1.165) is 31.1 Å². The number of anilines is 1. The zero-order valence-corrected chi connectivity index (χ0v) is 11.3. The average Bonchev–Trinajstić information content (AvgIpc) is 3.26.